The van der Waals surface area contributed by atoms with Crippen molar-refractivity contribution >= 4 is 57.7 Å². The summed E-state index contributed by atoms with van der Waals surface area (Å²) in [6.45, 7) is 2.74. The molecule has 1 saturated heterocycles. The fourth-order valence-corrected chi connectivity index (χ4v) is 5.45. The van der Waals surface area contributed by atoms with E-state index < -0.39 is 40.8 Å². The molecule has 2 atom stereocenters. The number of amides is 2. The minimum absolute atomic E-state index is 0. The summed E-state index contributed by atoms with van der Waals surface area (Å²) in [6.07, 6.45) is 3.55. The van der Waals surface area contributed by atoms with E-state index in [0.717, 1.165) is 16.2 Å². The van der Waals surface area contributed by atoms with Gasteiger partial charge in [0.2, 0.25) is 5.60 Å². The molecular formula is C22H32N6O12S2. The van der Waals surface area contributed by atoms with Crippen molar-refractivity contribution in [2.75, 3.05) is 11.5 Å². The lowest BCUT2D eigenvalue weighted by atomic mass is 10.0. The van der Waals surface area contributed by atoms with Crippen LogP contribution >= 0.6 is 23.1 Å². The highest BCUT2D eigenvalue weighted by atomic mass is 32.2. The number of carboxylic acid groups (broad SMARTS) is 2. The van der Waals surface area contributed by atoms with Crippen molar-refractivity contribution < 1.29 is 66.2 Å². The number of carboxylic acids is 2. The van der Waals surface area contributed by atoms with Crippen LogP contribution in [0.5, 0.6) is 0 Å². The molecule has 0 aromatic carbocycles. The molecule has 2 amide bonds. The summed E-state index contributed by atoms with van der Waals surface area (Å²) in [5.74, 6) is -4.01. The third kappa shape index (κ3) is 7.97. The maximum atomic E-state index is 13.1. The molecule has 0 bridgehead atoms. The molecule has 4 heterocycles. The van der Waals surface area contributed by atoms with Crippen molar-refractivity contribution in [1.82, 2.24) is 15.2 Å². The second-order valence-electron chi connectivity index (χ2n) is 8.57. The number of nitrogens with two attached hydrogens (primary N) is 1. The summed E-state index contributed by atoms with van der Waals surface area (Å²) >= 11 is 2.32. The molecule has 234 valence electrons. The minimum Gasteiger partial charge on any atom is -0.543 e. The first-order valence-electron chi connectivity index (χ1n) is 10.8. The summed E-state index contributed by atoms with van der Waals surface area (Å²) in [7, 11) is 0. The van der Waals surface area contributed by atoms with Crippen LogP contribution in [0.15, 0.2) is 52.4 Å². The first-order valence-corrected chi connectivity index (χ1v) is 12.8. The number of thiazole rings is 1. The number of nitrogens with one attached hydrogen (secondary N) is 1. The van der Waals surface area contributed by atoms with Crippen molar-refractivity contribution in [3.8, 4) is 0 Å². The molecule has 18 nitrogen and oxygen atoms in total. The summed E-state index contributed by atoms with van der Waals surface area (Å²) in [5.41, 5.74) is 3.83. The lowest BCUT2D eigenvalue weighted by Crippen LogP contribution is -2.71. The Balaban J connectivity index is 0. The lowest BCUT2D eigenvalue weighted by molar-refractivity contribution is -0.689. The number of nitrogen functional groups attached to an aromatic ring is 1. The van der Waals surface area contributed by atoms with Crippen LogP contribution in [0.25, 0.3) is 0 Å². The van der Waals surface area contributed by atoms with Gasteiger partial charge in [-0.05, 0) is 13.8 Å². The smallest absolute Gasteiger partial charge is 0.350 e. The van der Waals surface area contributed by atoms with Crippen LogP contribution in [0, 0.1) is 0 Å². The largest absolute Gasteiger partial charge is 0.543 e. The number of aromatic nitrogens is 2. The van der Waals surface area contributed by atoms with E-state index in [4.69, 9.17) is 10.6 Å². The molecule has 42 heavy (non-hydrogen) atoms. The molecule has 4 rings (SSSR count). The Morgan fingerprint density at radius 2 is 1.83 bits per heavy atom. The van der Waals surface area contributed by atoms with Gasteiger partial charge in [0, 0.05) is 28.8 Å². The number of hydrogen-bond donors (Lipinski definition) is 3. The van der Waals surface area contributed by atoms with E-state index in [0.29, 0.717) is 11.3 Å². The first kappa shape index (κ1) is 40.0. The maximum Gasteiger partial charge on any atom is 0.350 e. The molecule has 0 radical (unpaired) electrons. The van der Waals surface area contributed by atoms with Crippen LogP contribution in [0.3, 0.4) is 0 Å². The van der Waals surface area contributed by atoms with Crippen molar-refractivity contribution in [3.05, 3.63) is 52.9 Å². The fraction of sp³-hybridized carbons (Fsp3) is 0.318. The Morgan fingerprint density at radius 1 is 1.21 bits per heavy atom. The number of hydrogen-bond acceptors (Lipinski definition) is 11. The van der Waals surface area contributed by atoms with Crippen LogP contribution in [-0.2, 0) is 30.6 Å². The van der Waals surface area contributed by atoms with Gasteiger partial charge in [-0.25, -0.2) is 14.3 Å². The molecular weight excluding hydrogens is 604 g/mol. The highest BCUT2D eigenvalue weighted by Gasteiger charge is 2.53. The Morgan fingerprint density at radius 3 is 2.36 bits per heavy atom. The number of β-lactam (4-membered cyclic amide) rings is 1. The predicted octanol–water partition coefficient (Wildman–Crippen LogP) is -5.42. The number of carbonyl (C=O) groups excluding carboxylic acids is 3. The van der Waals surface area contributed by atoms with Gasteiger partial charge in [0.05, 0.1) is 11.7 Å². The van der Waals surface area contributed by atoms with Gasteiger partial charge in [-0.2, -0.15) is 0 Å². The van der Waals surface area contributed by atoms with Gasteiger partial charge in [-0.3, -0.25) is 14.5 Å². The van der Waals surface area contributed by atoms with Gasteiger partial charge in [0.25, 0.3) is 11.8 Å². The molecule has 0 saturated carbocycles. The van der Waals surface area contributed by atoms with E-state index in [2.05, 4.69) is 15.5 Å². The topological polar surface area (TPSA) is 349 Å². The van der Waals surface area contributed by atoms with Gasteiger partial charge in [-0.15, -0.1) is 23.1 Å². The molecule has 2 aromatic rings. The zero-order valence-corrected chi connectivity index (χ0v) is 23.7. The number of oxime groups is 1. The van der Waals surface area contributed by atoms with E-state index in [-0.39, 0.29) is 56.2 Å². The molecule has 2 aromatic heterocycles. The third-order valence-corrected chi connectivity index (χ3v) is 7.55. The van der Waals surface area contributed by atoms with E-state index in [1.807, 2.05) is 6.07 Å². The van der Waals surface area contributed by atoms with Gasteiger partial charge < -0.3 is 58.3 Å². The highest BCUT2D eigenvalue weighted by Crippen LogP contribution is 2.40. The van der Waals surface area contributed by atoms with Crippen LogP contribution in [0.1, 0.15) is 19.5 Å². The van der Waals surface area contributed by atoms with Crippen LogP contribution in [-0.4, -0.2) is 94.6 Å². The van der Waals surface area contributed by atoms with Crippen molar-refractivity contribution in [2.24, 2.45) is 5.16 Å². The second-order valence-corrected chi connectivity index (χ2v) is 10.6. The summed E-state index contributed by atoms with van der Waals surface area (Å²) < 4.78 is 1.78. The standard InChI is InChI=1S/C22H22N6O7S2.5H2O/c1-22(2,20(33)34)35-26-13(12-10-37-21(23)24-12)16(29)25-14-17(30)28-15(19(31)32)11(9-36-18(14)28)8-27-6-4-3-5-7-27;;;;;/h3-7,10,14,18H,8-9H2,1-2H3,(H4-,23,24,25,29,31,32,33,34);5*1H2/b26-13+;;;;;/t14-,18-;;;;;/m1...../s1. The van der Waals surface area contributed by atoms with E-state index in [9.17, 15) is 29.4 Å². The fourth-order valence-electron chi connectivity index (χ4n) is 3.56. The maximum absolute atomic E-state index is 13.1. The first-order chi connectivity index (χ1) is 17.5. The Labute approximate surface area is 246 Å². The van der Waals surface area contributed by atoms with Crippen molar-refractivity contribution in [1.29, 1.82) is 0 Å². The number of anilines is 1. The average Bonchev–Trinajstić information content (AvgIpc) is 3.28. The monoisotopic (exact) mass is 636 g/mol. The van der Waals surface area contributed by atoms with E-state index in [1.54, 1.807) is 29.1 Å². The van der Waals surface area contributed by atoms with E-state index >= 15 is 0 Å². The average molecular weight is 637 g/mol. The summed E-state index contributed by atoms with van der Waals surface area (Å²) in [5, 5.41) is 28.4. The van der Waals surface area contributed by atoms with Crippen LogP contribution in [0.2, 0.25) is 0 Å². The number of rotatable bonds is 9. The quantitative estimate of drug-likeness (QED) is 0.101. The number of nitrogens with zero attached hydrogens (tertiary/aromatic N) is 4. The molecule has 14 N–H and O–H groups in total. The third-order valence-electron chi connectivity index (χ3n) is 5.54. The highest BCUT2D eigenvalue weighted by molar-refractivity contribution is 8.00. The number of carbonyl (C=O) groups is 4. The predicted molar refractivity (Wildman–Crippen MR) is 148 cm³/mol. The molecule has 20 heteroatoms. The number of aliphatic carboxylic acids is 2. The number of thioether (sulfide) groups is 1. The second kappa shape index (κ2) is 15.7. The SMILES string of the molecule is CC(C)(O/N=C(/C(=O)N[C@@H]1C(=O)N2C(C(=O)[O-])=C(C[n+]3ccccc3)CS[C@H]12)c1csc(N)n1)C(=O)O.O.O.O.O.O. The Bertz CT molecular complexity index is 1330. The normalized spacial score (nSPS) is 17.3. The number of fused-ring (bicyclic) bond motifs is 1. The summed E-state index contributed by atoms with van der Waals surface area (Å²) in [4.78, 5) is 59.6. The van der Waals surface area contributed by atoms with Gasteiger partial charge in [-0.1, -0.05) is 11.2 Å². The number of pyridine rings is 1. The van der Waals surface area contributed by atoms with Gasteiger partial charge in [0.1, 0.15) is 17.1 Å². The zero-order valence-electron chi connectivity index (χ0n) is 22.1. The Hall–Kier alpha value is -4.18. The lowest BCUT2D eigenvalue weighted by Gasteiger charge is -2.50. The van der Waals surface area contributed by atoms with Crippen molar-refractivity contribution in [3.63, 3.8) is 0 Å². The Kier molecular flexibility index (Phi) is 15.0. The molecule has 0 spiro atoms. The van der Waals surface area contributed by atoms with Crippen molar-refractivity contribution in [2.45, 2.75) is 37.4 Å². The molecule has 0 aliphatic carbocycles. The minimum atomic E-state index is -1.75. The molecule has 2 aliphatic rings. The zero-order chi connectivity index (χ0) is 26.9. The van der Waals surface area contributed by atoms with Crippen LogP contribution in [0.4, 0.5) is 5.13 Å². The van der Waals surface area contributed by atoms with Gasteiger partial charge >= 0.3 is 5.97 Å². The van der Waals surface area contributed by atoms with E-state index in [1.165, 1.54) is 31.0 Å². The molecule has 0 unspecified atom stereocenters. The van der Waals surface area contributed by atoms with Gasteiger partial charge in [0.15, 0.2) is 29.8 Å². The molecule has 2 aliphatic heterocycles. The molecule has 1 fully saturated rings. The summed E-state index contributed by atoms with van der Waals surface area (Å²) in [6, 6.07) is 4.36. The van der Waals surface area contributed by atoms with Crippen LogP contribution < -0.4 is 20.7 Å².